The Bertz CT molecular complexity index is 641. The number of methoxy groups -OCH3 is 1. The highest BCUT2D eigenvalue weighted by molar-refractivity contribution is 7.10. The monoisotopic (exact) mass is 361 g/mol. The number of thiophene rings is 1. The van der Waals surface area contributed by atoms with Crippen molar-refractivity contribution in [3.05, 3.63) is 46.7 Å². The van der Waals surface area contributed by atoms with Gasteiger partial charge in [0.25, 0.3) is 0 Å². The zero-order valence-corrected chi connectivity index (χ0v) is 16.1. The lowest BCUT2D eigenvalue weighted by Gasteiger charge is -2.19. The molecule has 25 heavy (non-hydrogen) atoms. The van der Waals surface area contributed by atoms with Crippen molar-refractivity contribution in [2.75, 3.05) is 27.2 Å². The van der Waals surface area contributed by atoms with Crippen molar-refractivity contribution in [3.63, 3.8) is 0 Å². The highest BCUT2D eigenvalue weighted by Gasteiger charge is 2.09. The molecule has 2 aromatic rings. The SMILES string of the molecule is CN=C(NCC(C)Oc1ccc(OC)cc1)NCC(C)c1cccs1. The van der Waals surface area contributed by atoms with Gasteiger partial charge in [-0.05, 0) is 42.6 Å². The Morgan fingerprint density at radius 1 is 1.08 bits per heavy atom. The molecule has 1 heterocycles. The Kier molecular flexibility index (Phi) is 7.60. The van der Waals surface area contributed by atoms with Gasteiger partial charge in [-0.3, -0.25) is 4.99 Å². The summed E-state index contributed by atoms with van der Waals surface area (Å²) in [4.78, 5) is 5.64. The third-order valence-electron chi connectivity index (χ3n) is 3.78. The lowest BCUT2D eigenvalue weighted by atomic mass is 10.1. The van der Waals surface area contributed by atoms with Gasteiger partial charge in [0.1, 0.15) is 17.6 Å². The van der Waals surface area contributed by atoms with Crippen LogP contribution in [0.3, 0.4) is 0 Å². The zero-order chi connectivity index (χ0) is 18.1. The largest absolute Gasteiger partial charge is 0.497 e. The number of nitrogens with zero attached hydrogens (tertiary/aromatic N) is 1. The molecule has 1 aromatic carbocycles. The van der Waals surface area contributed by atoms with Crippen LogP contribution in [0.1, 0.15) is 24.6 Å². The molecule has 0 bridgehead atoms. The number of guanidine groups is 1. The van der Waals surface area contributed by atoms with Crippen LogP contribution in [0.4, 0.5) is 0 Å². The summed E-state index contributed by atoms with van der Waals surface area (Å²) in [6, 6.07) is 11.8. The number of ether oxygens (including phenoxy) is 2. The van der Waals surface area contributed by atoms with Crippen molar-refractivity contribution in [2.45, 2.75) is 25.9 Å². The molecule has 0 radical (unpaired) electrons. The van der Waals surface area contributed by atoms with Crippen molar-refractivity contribution in [3.8, 4) is 11.5 Å². The molecule has 0 amide bonds. The lowest BCUT2D eigenvalue weighted by molar-refractivity contribution is 0.223. The molecule has 0 aliphatic rings. The lowest BCUT2D eigenvalue weighted by Crippen LogP contribution is -2.42. The highest BCUT2D eigenvalue weighted by atomic mass is 32.1. The third-order valence-corrected chi connectivity index (χ3v) is 4.89. The van der Waals surface area contributed by atoms with Gasteiger partial charge in [-0.15, -0.1) is 11.3 Å². The first-order chi connectivity index (χ1) is 12.1. The second-order valence-electron chi connectivity index (χ2n) is 5.85. The van der Waals surface area contributed by atoms with Crippen LogP contribution in [0.15, 0.2) is 46.8 Å². The molecule has 2 rings (SSSR count). The molecule has 5 nitrogen and oxygen atoms in total. The normalized spacial score (nSPS) is 13.8. The number of benzene rings is 1. The summed E-state index contributed by atoms with van der Waals surface area (Å²) in [6.07, 6.45) is 0.0154. The van der Waals surface area contributed by atoms with E-state index in [0.717, 1.165) is 24.0 Å². The molecule has 0 spiro atoms. The molecule has 0 saturated heterocycles. The maximum atomic E-state index is 5.89. The Labute approximate surface area is 154 Å². The first-order valence-corrected chi connectivity index (χ1v) is 9.29. The van der Waals surface area contributed by atoms with E-state index in [2.05, 4.69) is 40.1 Å². The maximum absolute atomic E-state index is 5.89. The van der Waals surface area contributed by atoms with Crippen molar-refractivity contribution >= 4 is 17.3 Å². The molecule has 2 atom stereocenters. The number of hydrogen-bond acceptors (Lipinski definition) is 4. The molecule has 0 aliphatic carbocycles. The van der Waals surface area contributed by atoms with E-state index in [1.807, 2.05) is 31.2 Å². The van der Waals surface area contributed by atoms with Crippen LogP contribution < -0.4 is 20.1 Å². The van der Waals surface area contributed by atoms with Crippen molar-refractivity contribution in [1.29, 1.82) is 0 Å². The van der Waals surface area contributed by atoms with E-state index in [1.165, 1.54) is 4.88 Å². The van der Waals surface area contributed by atoms with E-state index >= 15 is 0 Å². The summed E-state index contributed by atoms with van der Waals surface area (Å²) in [5.74, 6) is 2.88. The molecule has 2 N–H and O–H groups in total. The first-order valence-electron chi connectivity index (χ1n) is 8.41. The minimum atomic E-state index is 0.0154. The topological polar surface area (TPSA) is 54.9 Å². The van der Waals surface area contributed by atoms with Crippen molar-refractivity contribution < 1.29 is 9.47 Å². The Morgan fingerprint density at radius 3 is 2.36 bits per heavy atom. The van der Waals surface area contributed by atoms with Gasteiger partial charge in [0, 0.05) is 24.4 Å². The summed E-state index contributed by atoms with van der Waals surface area (Å²) in [7, 11) is 3.43. The van der Waals surface area contributed by atoms with Crippen molar-refractivity contribution in [2.24, 2.45) is 4.99 Å². The van der Waals surface area contributed by atoms with Gasteiger partial charge in [0.15, 0.2) is 5.96 Å². The third kappa shape index (κ3) is 6.31. The summed E-state index contributed by atoms with van der Waals surface area (Å²) in [6.45, 7) is 5.74. The predicted octanol–water partition coefficient (Wildman–Crippen LogP) is 3.49. The fourth-order valence-corrected chi connectivity index (χ4v) is 3.10. The second-order valence-corrected chi connectivity index (χ2v) is 6.83. The molecule has 6 heteroatoms. The van der Waals surface area contributed by atoms with Crippen LogP contribution in [-0.4, -0.2) is 39.3 Å². The maximum Gasteiger partial charge on any atom is 0.191 e. The Balaban J connectivity index is 1.73. The quantitative estimate of drug-likeness (QED) is 0.558. The van der Waals surface area contributed by atoms with Crippen LogP contribution >= 0.6 is 11.3 Å². The van der Waals surface area contributed by atoms with E-state index in [0.29, 0.717) is 12.5 Å². The average Bonchev–Trinajstić information content (AvgIpc) is 3.17. The van der Waals surface area contributed by atoms with E-state index in [9.17, 15) is 0 Å². The van der Waals surface area contributed by atoms with Crippen LogP contribution in [0.5, 0.6) is 11.5 Å². The molecule has 0 aliphatic heterocycles. The Morgan fingerprint density at radius 2 is 1.76 bits per heavy atom. The highest BCUT2D eigenvalue weighted by Crippen LogP contribution is 2.19. The van der Waals surface area contributed by atoms with Crippen LogP contribution in [0.2, 0.25) is 0 Å². The summed E-state index contributed by atoms with van der Waals surface area (Å²) in [5, 5.41) is 8.78. The molecule has 0 fully saturated rings. The minimum absolute atomic E-state index is 0.0154. The van der Waals surface area contributed by atoms with Crippen LogP contribution in [-0.2, 0) is 0 Å². The Hall–Kier alpha value is -2.21. The molecule has 136 valence electrons. The molecule has 0 saturated carbocycles. The zero-order valence-electron chi connectivity index (χ0n) is 15.3. The average molecular weight is 362 g/mol. The van der Waals surface area contributed by atoms with E-state index in [4.69, 9.17) is 9.47 Å². The number of nitrogens with one attached hydrogen (secondary N) is 2. The smallest absolute Gasteiger partial charge is 0.191 e. The van der Waals surface area contributed by atoms with Gasteiger partial charge < -0.3 is 20.1 Å². The summed E-state index contributed by atoms with van der Waals surface area (Å²) < 4.78 is 11.0. The summed E-state index contributed by atoms with van der Waals surface area (Å²) in [5.41, 5.74) is 0. The van der Waals surface area contributed by atoms with Gasteiger partial charge >= 0.3 is 0 Å². The molecule has 2 unspecified atom stereocenters. The first kappa shape index (κ1) is 19.1. The number of aliphatic imine (C=N–C) groups is 1. The van der Waals surface area contributed by atoms with Crippen molar-refractivity contribution in [1.82, 2.24) is 10.6 Å². The molecular formula is C19H27N3O2S. The second kappa shape index (κ2) is 9.93. The van der Waals surface area contributed by atoms with Gasteiger partial charge in [-0.25, -0.2) is 0 Å². The number of rotatable bonds is 8. The fourth-order valence-electron chi connectivity index (χ4n) is 2.31. The van der Waals surface area contributed by atoms with E-state index < -0.39 is 0 Å². The van der Waals surface area contributed by atoms with Crippen LogP contribution in [0, 0.1) is 0 Å². The molecular weight excluding hydrogens is 334 g/mol. The van der Waals surface area contributed by atoms with Gasteiger partial charge in [0.2, 0.25) is 0 Å². The van der Waals surface area contributed by atoms with Gasteiger partial charge in [-0.2, -0.15) is 0 Å². The van der Waals surface area contributed by atoms with E-state index in [-0.39, 0.29) is 6.10 Å². The predicted molar refractivity (Wildman–Crippen MR) is 105 cm³/mol. The molecule has 1 aromatic heterocycles. The summed E-state index contributed by atoms with van der Waals surface area (Å²) >= 11 is 1.78. The van der Waals surface area contributed by atoms with Gasteiger partial charge in [-0.1, -0.05) is 13.0 Å². The van der Waals surface area contributed by atoms with Crippen LogP contribution in [0.25, 0.3) is 0 Å². The minimum Gasteiger partial charge on any atom is -0.497 e. The van der Waals surface area contributed by atoms with E-state index in [1.54, 1.807) is 25.5 Å². The fraction of sp³-hybridized carbons (Fsp3) is 0.421. The standard InChI is InChI=1S/C19H27N3O2S/c1-14(18-6-5-11-25-18)12-21-19(20-3)22-13-15(2)24-17-9-7-16(23-4)8-10-17/h5-11,14-15H,12-13H2,1-4H3,(H2,20,21,22). The van der Waals surface area contributed by atoms with Gasteiger partial charge in [0.05, 0.1) is 13.7 Å². The number of hydrogen-bond donors (Lipinski definition) is 2.